The van der Waals surface area contributed by atoms with Crippen molar-refractivity contribution < 1.29 is 17.9 Å². The molecule has 112 valence electrons. The Morgan fingerprint density at radius 2 is 1.91 bits per heavy atom. The molecule has 2 aromatic carbocycles. The Hall–Kier alpha value is -2.83. The molecule has 0 amide bonds. The van der Waals surface area contributed by atoms with Gasteiger partial charge in [0.05, 0.1) is 16.5 Å². The predicted octanol–water partition coefficient (Wildman–Crippen LogP) is 3.33. The highest BCUT2D eigenvalue weighted by Gasteiger charge is 2.13. The van der Waals surface area contributed by atoms with E-state index in [2.05, 4.69) is 14.7 Å². The van der Waals surface area contributed by atoms with E-state index in [1.54, 1.807) is 24.3 Å². The number of ether oxygens (including phenoxy) is 1. The summed E-state index contributed by atoms with van der Waals surface area (Å²) in [6.07, 6.45) is 0. The quantitative estimate of drug-likeness (QED) is 0.807. The molecule has 1 N–H and O–H groups in total. The third kappa shape index (κ3) is 2.65. The van der Waals surface area contributed by atoms with Crippen LogP contribution in [-0.2, 0) is 0 Å². The molecule has 0 saturated carbocycles. The van der Waals surface area contributed by atoms with Crippen LogP contribution in [0.4, 0.5) is 13.2 Å². The van der Waals surface area contributed by atoms with Crippen LogP contribution >= 0.6 is 0 Å². The van der Waals surface area contributed by atoms with Crippen molar-refractivity contribution in [3.8, 4) is 17.1 Å². The standard InChI is InChI=1S/C15H9F3N2O2/c16-11-7-8(22-15(17)18)5-6-9(11)13-19-12-4-2-1-3-10(12)14(21)20-13/h1-7,15H,(H,19,20,21). The summed E-state index contributed by atoms with van der Waals surface area (Å²) < 4.78 is 42.3. The van der Waals surface area contributed by atoms with Gasteiger partial charge in [-0.05, 0) is 24.3 Å². The molecule has 22 heavy (non-hydrogen) atoms. The van der Waals surface area contributed by atoms with Gasteiger partial charge in [0.1, 0.15) is 17.4 Å². The summed E-state index contributed by atoms with van der Waals surface area (Å²) in [4.78, 5) is 18.6. The SMILES string of the molecule is O=c1[nH]c(-c2ccc(OC(F)F)cc2F)nc2ccccc12. The number of rotatable bonds is 3. The zero-order valence-corrected chi connectivity index (χ0v) is 11.0. The molecule has 0 aliphatic carbocycles. The lowest BCUT2D eigenvalue weighted by Gasteiger charge is -2.07. The topological polar surface area (TPSA) is 55.0 Å². The van der Waals surface area contributed by atoms with Crippen molar-refractivity contribution in [2.24, 2.45) is 0 Å². The lowest BCUT2D eigenvalue weighted by Crippen LogP contribution is -2.10. The van der Waals surface area contributed by atoms with E-state index >= 15 is 0 Å². The van der Waals surface area contributed by atoms with E-state index in [0.29, 0.717) is 10.9 Å². The van der Waals surface area contributed by atoms with Crippen LogP contribution in [0.25, 0.3) is 22.3 Å². The van der Waals surface area contributed by atoms with Crippen LogP contribution < -0.4 is 10.3 Å². The third-order valence-corrected chi connectivity index (χ3v) is 3.03. The maximum Gasteiger partial charge on any atom is 0.387 e. The minimum absolute atomic E-state index is 0.00975. The molecule has 1 aromatic heterocycles. The number of benzene rings is 2. The second kappa shape index (κ2) is 5.51. The number of H-pyrrole nitrogens is 1. The molecule has 1 heterocycles. The molecular weight excluding hydrogens is 297 g/mol. The van der Waals surface area contributed by atoms with Crippen molar-refractivity contribution in [3.05, 3.63) is 58.6 Å². The van der Waals surface area contributed by atoms with Crippen LogP contribution in [0.2, 0.25) is 0 Å². The zero-order chi connectivity index (χ0) is 15.7. The maximum atomic E-state index is 14.0. The summed E-state index contributed by atoms with van der Waals surface area (Å²) in [5.41, 5.74) is -0.00840. The molecule has 0 bridgehead atoms. The van der Waals surface area contributed by atoms with Crippen LogP contribution in [0.3, 0.4) is 0 Å². The van der Waals surface area contributed by atoms with Crippen molar-refractivity contribution in [1.82, 2.24) is 9.97 Å². The lowest BCUT2D eigenvalue weighted by atomic mass is 10.1. The summed E-state index contributed by atoms with van der Waals surface area (Å²) in [6.45, 7) is -3.04. The summed E-state index contributed by atoms with van der Waals surface area (Å²) in [5, 5.41) is 0.379. The fourth-order valence-corrected chi connectivity index (χ4v) is 2.08. The largest absolute Gasteiger partial charge is 0.435 e. The Labute approximate surface area is 122 Å². The number of nitrogens with one attached hydrogen (secondary N) is 1. The van der Waals surface area contributed by atoms with Crippen LogP contribution in [0.5, 0.6) is 5.75 Å². The van der Waals surface area contributed by atoms with Gasteiger partial charge in [-0.3, -0.25) is 4.79 Å². The van der Waals surface area contributed by atoms with Gasteiger partial charge in [0.2, 0.25) is 0 Å². The van der Waals surface area contributed by atoms with Crippen LogP contribution in [-0.4, -0.2) is 16.6 Å². The van der Waals surface area contributed by atoms with Crippen LogP contribution in [0.1, 0.15) is 0 Å². The van der Waals surface area contributed by atoms with Crippen molar-refractivity contribution in [1.29, 1.82) is 0 Å². The van der Waals surface area contributed by atoms with Gasteiger partial charge in [0.15, 0.2) is 0 Å². The van der Waals surface area contributed by atoms with Crippen molar-refractivity contribution in [2.75, 3.05) is 0 Å². The van der Waals surface area contributed by atoms with Crippen molar-refractivity contribution >= 4 is 10.9 Å². The number of nitrogens with zero attached hydrogens (tertiary/aromatic N) is 1. The number of hydrogen-bond donors (Lipinski definition) is 1. The van der Waals surface area contributed by atoms with Gasteiger partial charge in [-0.25, -0.2) is 9.37 Å². The maximum absolute atomic E-state index is 14.0. The molecule has 7 heteroatoms. The summed E-state index contributed by atoms with van der Waals surface area (Å²) in [6, 6.07) is 9.84. The number of hydrogen-bond acceptors (Lipinski definition) is 3. The molecule has 3 rings (SSSR count). The van der Waals surface area contributed by atoms with Crippen molar-refractivity contribution in [2.45, 2.75) is 6.61 Å². The Morgan fingerprint density at radius 1 is 1.14 bits per heavy atom. The molecule has 4 nitrogen and oxygen atoms in total. The number of aromatic nitrogens is 2. The molecule has 0 saturated heterocycles. The number of halogens is 3. The predicted molar refractivity (Wildman–Crippen MR) is 74.4 cm³/mol. The first-order chi connectivity index (χ1) is 10.5. The normalized spacial score (nSPS) is 11.1. The van der Waals surface area contributed by atoms with Crippen LogP contribution in [0, 0.1) is 5.82 Å². The van der Waals surface area contributed by atoms with Gasteiger partial charge in [0.25, 0.3) is 5.56 Å². The highest BCUT2D eigenvalue weighted by molar-refractivity contribution is 5.79. The third-order valence-electron chi connectivity index (χ3n) is 3.03. The average molecular weight is 306 g/mol. The van der Waals surface area contributed by atoms with Crippen molar-refractivity contribution in [3.63, 3.8) is 0 Å². The molecule has 0 radical (unpaired) electrons. The first kappa shape index (κ1) is 14.1. The Bertz CT molecular complexity index is 893. The number of alkyl halides is 2. The number of para-hydroxylation sites is 1. The van der Waals surface area contributed by atoms with Gasteiger partial charge in [0, 0.05) is 6.07 Å². The molecule has 0 fully saturated rings. The minimum Gasteiger partial charge on any atom is -0.435 e. The van der Waals surface area contributed by atoms with E-state index in [0.717, 1.165) is 6.07 Å². The Balaban J connectivity index is 2.09. The first-order valence-corrected chi connectivity index (χ1v) is 6.28. The average Bonchev–Trinajstić information content (AvgIpc) is 2.46. The lowest BCUT2D eigenvalue weighted by molar-refractivity contribution is -0.0499. The zero-order valence-electron chi connectivity index (χ0n) is 11.0. The second-order valence-electron chi connectivity index (χ2n) is 4.45. The molecule has 0 spiro atoms. The van der Waals surface area contributed by atoms with Gasteiger partial charge in [-0.15, -0.1) is 0 Å². The fraction of sp³-hybridized carbons (Fsp3) is 0.0667. The highest BCUT2D eigenvalue weighted by atomic mass is 19.3. The van der Waals surface area contributed by atoms with E-state index in [1.165, 1.54) is 12.1 Å². The summed E-state index contributed by atoms with van der Waals surface area (Å²) >= 11 is 0. The molecule has 0 aliphatic heterocycles. The smallest absolute Gasteiger partial charge is 0.387 e. The minimum atomic E-state index is -3.04. The van der Waals surface area contributed by atoms with Gasteiger partial charge in [-0.2, -0.15) is 8.78 Å². The fourth-order valence-electron chi connectivity index (χ4n) is 2.08. The molecule has 3 aromatic rings. The van der Waals surface area contributed by atoms with E-state index in [-0.39, 0.29) is 17.1 Å². The Kier molecular flexibility index (Phi) is 3.54. The summed E-state index contributed by atoms with van der Waals surface area (Å²) in [7, 11) is 0. The van der Waals surface area contributed by atoms with Gasteiger partial charge >= 0.3 is 6.61 Å². The van der Waals surface area contributed by atoms with E-state index in [9.17, 15) is 18.0 Å². The van der Waals surface area contributed by atoms with E-state index in [4.69, 9.17) is 0 Å². The van der Waals surface area contributed by atoms with E-state index in [1.807, 2.05) is 0 Å². The van der Waals surface area contributed by atoms with Gasteiger partial charge in [-0.1, -0.05) is 12.1 Å². The van der Waals surface area contributed by atoms with Gasteiger partial charge < -0.3 is 9.72 Å². The molecule has 0 atom stereocenters. The molecule has 0 unspecified atom stereocenters. The Morgan fingerprint density at radius 3 is 2.64 bits per heavy atom. The first-order valence-electron chi connectivity index (χ1n) is 6.28. The molecular formula is C15H9F3N2O2. The highest BCUT2D eigenvalue weighted by Crippen LogP contribution is 2.25. The van der Waals surface area contributed by atoms with E-state index < -0.39 is 18.0 Å². The van der Waals surface area contributed by atoms with Crippen LogP contribution in [0.15, 0.2) is 47.3 Å². The monoisotopic (exact) mass is 306 g/mol. The second-order valence-corrected chi connectivity index (χ2v) is 4.45. The summed E-state index contributed by atoms with van der Waals surface area (Å²) in [5.74, 6) is -1.11. The molecule has 0 aliphatic rings. The number of aromatic amines is 1. The number of fused-ring (bicyclic) bond motifs is 1.